The maximum absolute atomic E-state index is 4.64. The van der Waals surface area contributed by atoms with E-state index in [4.69, 9.17) is 0 Å². The Hall–Kier alpha value is -1.00. The van der Waals surface area contributed by atoms with E-state index in [2.05, 4.69) is 33.3 Å². The fourth-order valence-corrected chi connectivity index (χ4v) is 2.28. The van der Waals surface area contributed by atoms with Crippen LogP contribution in [-0.4, -0.2) is 42.1 Å². The number of likely N-dealkylation sites (N-methyl/N-ethyl adjacent to an activating group) is 1. The van der Waals surface area contributed by atoms with Gasteiger partial charge in [0.2, 0.25) is 0 Å². The third-order valence-corrected chi connectivity index (χ3v) is 3.06. The van der Waals surface area contributed by atoms with E-state index < -0.39 is 0 Å². The molecule has 2 rings (SSSR count). The fraction of sp³-hybridized carbons (Fsp3) is 0.667. The van der Waals surface area contributed by atoms with Gasteiger partial charge < -0.3 is 10.2 Å². The molecule has 0 bridgehead atoms. The number of aromatic nitrogens is 2. The van der Waals surface area contributed by atoms with Gasteiger partial charge in [-0.25, -0.2) is 9.97 Å². The Morgan fingerprint density at radius 2 is 2.31 bits per heavy atom. The van der Waals surface area contributed by atoms with Crippen LogP contribution in [0.15, 0.2) is 6.07 Å². The first-order chi connectivity index (χ1) is 7.69. The Bertz CT molecular complexity index is 364. The zero-order chi connectivity index (χ0) is 11.5. The van der Waals surface area contributed by atoms with Gasteiger partial charge in [0.15, 0.2) is 0 Å². The minimum absolute atomic E-state index is 0.585. The predicted octanol–water partition coefficient (Wildman–Crippen LogP) is 0.924. The summed E-state index contributed by atoms with van der Waals surface area (Å²) in [6.45, 7) is 5.09. The minimum Gasteiger partial charge on any atom is -0.313 e. The molecule has 0 aliphatic carbocycles. The van der Waals surface area contributed by atoms with Gasteiger partial charge in [0.05, 0.1) is 6.54 Å². The number of hydrogen-bond donors (Lipinski definition) is 1. The Morgan fingerprint density at radius 3 is 2.94 bits per heavy atom. The largest absolute Gasteiger partial charge is 0.313 e. The van der Waals surface area contributed by atoms with Gasteiger partial charge in [0.1, 0.15) is 5.82 Å². The smallest absolute Gasteiger partial charge is 0.142 e. The Kier molecular flexibility index (Phi) is 3.51. The lowest BCUT2D eigenvalue weighted by molar-refractivity contribution is 0.410. The van der Waals surface area contributed by atoms with Gasteiger partial charge in [-0.1, -0.05) is 0 Å². The number of nitrogens with zero attached hydrogens (tertiary/aromatic N) is 3. The lowest BCUT2D eigenvalue weighted by Gasteiger charge is -2.12. The average molecular weight is 220 g/mol. The van der Waals surface area contributed by atoms with E-state index in [0.717, 1.165) is 24.6 Å². The number of aryl methyl sites for hydroxylation is 1. The fourth-order valence-electron chi connectivity index (χ4n) is 2.28. The van der Waals surface area contributed by atoms with E-state index in [1.807, 2.05) is 14.0 Å². The zero-order valence-corrected chi connectivity index (χ0v) is 10.3. The molecule has 4 heteroatoms. The SMILES string of the molecule is CNCc1nc(C)cc(C2CCN(C)C2)n1. The van der Waals surface area contributed by atoms with Crippen molar-refractivity contribution < 1.29 is 0 Å². The van der Waals surface area contributed by atoms with Crippen LogP contribution >= 0.6 is 0 Å². The third-order valence-electron chi connectivity index (χ3n) is 3.06. The van der Waals surface area contributed by atoms with E-state index in [-0.39, 0.29) is 0 Å². The molecule has 1 aromatic heterocycles. The Morgan fingerprint density at radius 1 is 1.50 bits per heavy atom. The van der Waals surface area contributed by atoms with Gasteiger partial charge in [0.25, 0.3) is 0 Å². The van der Waals surface area contributed by atoms with Crippen LogP contribution in [0.4, 0.5) is 0 Å². The van der Waals surface area contributed by atoms with Crippen LogP contribution in [0.2, 0.25) is 0 Å². The molecule has 1 atom stereocenters. The van der Waals surface area contributed by atoms with Crippen molar-refractivity contribution in [3.8, 4) is 0 Å². The van der Waals surface area contributed by atoms with Crippen molar-refractivity contribution in [2.45, 2.75) is 25.8 Å². The van der Waals surface area contributed by atoms with E-state index in [9.17, 15) is 0 Å². The molecule has 0 spiro atoms. The van der Waals surface area contributed by atoms with Gasteiger partial charge in [-0.05, 0) is 40.1 Å². The number of nitrogens with one attached hydrogen (secondary N) is 1. The van der Waals surface area contributed by atoms with Crippen LogP contribution in [0.25, 0.3) is 0 Å². The number of hydrogen-bond acceptors (Lipinski definition) is 4. The number of rotatable bonds is 3. The first-order valence-corrected chi connectivity index (χ1v) is 5.86. The highest BCUT2D eigenvalue weighted by Crippen LogP contribution is 2.24. The van der Waals surface area contributed by atoms with Crippen molar-refractivity contribution in [1.29, 1.82) is 0 Å². The summed E-state index contributed by atoms with van der Waals surface area (Å²) >= 11 is 0. The molecule has 1 fully saturated rings. The van der Waals surface area contributed by atoms with Crippen molar-refractivity contribution in [3.63, 3.8) is 0 Å². The van der Waals surface area contributed by atoms with Gasteiger partial charge in [-0.2, -0.15) is 0 Å². The molecule has 1 aliphatic rings. The second kappa shape index (κ2) is 4.89. The number of likely N-dealkylation sites (tertiary alicyclic amines) is 1. The van der Waals surface area contributed by atoms with Crippen LogP contribution in [0.1, 0.15) is 29.6 Å². The highest BCUT2D eigenvalue weighted by Gasteiger charge is 2.22. The maximum Gasteiger partial charge on any atom is 0.142 e. The molecule has 1 unspecified atom stereocenters. The van der Waals surface area contributed by atoms with Gasteiger partial charge in [-0.15, -0.1) is 0 Å². The van der Waals surface area contributed by atoms with Gasteiger partial charge in [-0.3, -0.25) is 0 Å². The summed E-state index contributed by atoms with van der Waals surface area (Å²) in [5, 5.41) is 3.10. The summed E-state index contributed by atoms with van der Waals surface area (Å²) in [6, 6.07) is 2.13. The molecule has 88 valence electrons. The molecule has 1 N–H and O–H groups in total. The first-order valence-electron chi connectivity index (χ1n) is 5.86. The van der Waals surface area contributed by atoms with Crippen LogP contribution in [0.3, 0.4) is 0 Å². The topological polar surface area (TPSA) is 41.1 Å². The lowest BCUT2D eigenvalue weighted by atomic mass is 10.0. The summed E-state index contributed by atoms with van der Waals surface area (Å²) < 4.78 is 0. The van der Waals surface area contributed by atoms with E-state index in [0.29, 0.717) is 5.92 Å². The normalized spacial score (nSPS) is 21.6. The molecule has 16 heavy (non-hydrogen) atoms. The van der Waals surface area contributed by atoms with E-state index >= 15 is 0 Å². The standard InChI is InChI=1S/C12H20N4/c1-9-6-11(10-4-5-16(3)8-10)15-12(14-9)7-13-2/h6,10,13H,4-5,7-8H2,1-3H3. The Balaban J connectivity index is 2.20. The monoisotopic (exact) mass is 220 g/mol. The third kappa shape index (κ3) is 2.57. The summed E-state index contributed by atoms with van der Waals surface area (Å²) in [7, 11) is 4.09. The molecular formula is C12H20N4. The highest BCUT2D eigenvalue weighted by molar-refractivity contribution is 5.16. The average Bonchev–Trinajstić information content (AvgIpc) is 2.64. The minimum atomic E-state index is 0.585. The molecule has 1 saturated heterocycles. The van der Waals surface area contributed by atoms with Gasteiger partial charge >= 0.3 is 0 Å². The highest BCUT2D eigenvalue weighted by atomic mass is 15.1. The molecule has 0 aromatic carbocycles. The first kappa shape index (κ1) is 11.5. The quantitative estimate of drug-likeness (QED) is 0.822. The molecule has 0 amide bonds. The van der Waals surface area contributed by atoms with Crippen LogP contribution < -0.4 is 5.32 Å². The van der Waals surface area contributed by atoms with E-state index in [1.54, 1.807) is 0 Å². The van der Waals surface area contributed by atoms with Crippen molar-refractivity contribution in [2.24, 2.45) is 0 Å². The van der Waals surface area contributed by atoms with Crippen molar-refractivity contribution >= 4 is 0 Å². The lowest BCUT2D eigenvalue weighted by Crippen LogP contribution is -2.15. The summed E-state index contributed by atoms with van der Waals surface area (Å²) in [5.41, 5.74) is 2.28. The van der Waals surface area contributed by atoms with Gasteiger partial charge in [0, 0.05) is 23.9 Å². The van der Waals surface area contributed by atoms with Crippen LogP contribution in [0, 0.1) is 6.92 Å². The molecule has 4 nitrogen and oxygen atoms in total. The maximum atomic E-state index is 4.64. The second-order valence-electron chi connectivity index (χ2n) is 4.63. The molecule has 0 saturated carbocycles. The van der Waals surface area contributed by atoms with Crippen LogP contribution in [0.5, 0.6) is 0 Å². The van der Waals surface area contributed by atoms with Crippen molar-refractivity contribution in [3.05, 3.63) is 23.3 Å². The molecule has 2 heterocycles. The summed E-state index contributed by atoms with van der Waals surface area (Å²) in [6.07, 6.45) is 1.21. The zero-order valence-electron chi connectivity index (χ0n) is 10.3. The molecule has 1 aromatic rings. The molecule has 1 aliphatic heterocycles. The molecule has 0 radical (unpaired) electrons. The van der Waals surface area contributed by atoms with E-state index in [1.165, 1.54) is 18.7 Å². The summed E-state index contributed by atoms with van der Waals surface area (Å²) in [4.78, 5) is 11.4. The van der Waals surface area contributed by atoms with Crippen molar-refractivity contribution in [1.82, 2.24) is 20.2 Å². The Labute approximate surface area is 97.1 Å². The second-order valence-corrected chi connectivity index (χ2v) is 4.63. The van der Waals surface area contributed by atoms with Crippen molar-refractivity contribution in [2.75, 3.05) is 27.2 Å². The molecular weight excluding hydrogens is 200 g/mol. The van der Waals surface area contributed by atoms with Crippen LogP contribution in [-0.2, 0) is 6.54 Å². The predicted molar refractivity (Wildman–Crippen MR) is 64.4 cm³/mol. The summed E-state index contributed by atoms with van der Waals surface area (Å²) in [5.74, 6) is 1.49.